The molecule has 1 unspecified atom stereocenters. The summed E-state index contributed by atoms with van der Waals surface area (Å²) in [5.74, 6) is 0.545. The molecule has 0 radical (unpaired) electrons. The Balaban J connectivity index is 2.32. The van der Waals surface area contributed by atoms with E-state index in [2.05, 4.69) is 15.4 Å². The topological polar surface area (TPSA) is 63.8 Å². The number of nitrogens with zero attached hydrogens (tertiary/aromatic N) is 4. The molecule has 1 aromatic heterocycles. The first kappa shape index (κ1) is 12.7. The van der Waals surface area contributed by atoms with Gasteiger partial charge in [-0.15, -0.1) is 10.2 Å². The van der Waals surface area contributed by atoms with Gasteiger partial charge in [-0.1, -0.05) is 23.8 Å². The highest BCUT2D eigenvalue weighted by molar-refractivity contribution is 5.35. The summed E-state index contributed by atoms with van der Waals surface area (Å²) in [7, 11) is 1.71. The average molecular weight is 246 g/mol. The first-order valence-electron chi connectivity index (χ1n) is 5.91. The summed E-state index contributed by atoms with van der Waals surface area (Å²) in [6.45, 7) is 5.79. The lowest BCUT2D eigenvalue weighted by atomic mass is 9.88. The van der Waals surface area contributed by atoms with Gasteiger partial charge < -0.3 is 5.11 Å². The summed E-state index contributed by atoms with van der Waals surface area (Å²) in [5, 5.41) is 22.4. The summed E-state index contributed by atoms with van der Waals surface area (Å²) < 4.78 is 0. The van der Waals surface area contributed by atoms with Crippen molar-refractivity contribution in [1.82, 2.24) is 20.2 Å². The molecular weight excluding hydrogens is 228 g/mol. The van der Waals surface area contributed by atoms with Crippen molar-refractivity contribution in [3.63, 3.8) is 0 Å². The molecule has 5 nitrogen and oxygen atoms in total. The van der Waals surface area contributed by atoms with E-state index in [0.717, 1.165) is 16.7 Å². The van der Waals surface area contributed by atoms with Crippen LogP contribution in [-0.2, 0) is 19.1 Å². The quantitative estimate of drug-likeness (QED) is 0.886. The van der Waals surface area contributed by atoms with E-state index >= 15 is 0 Å². The van der Waals surface area contributed by atoms with Crippen LogP contribution in [-0.4, -0.2) is 25.3 Å². The van der Waals surface area contributed by atoms with Crippen molar-refractivity contribution in [2.45, 2.75) is 32.8 Å². The maximum atomic E-state index is 10.6. The number of aliphatic hydroxyl groups is 1. The van der Waals surface area contributed by atoms with E-state index in [1.807, 2.05) is 32.0 Å². The molecule has 0 amide bonds. The molecule has 5 heteroatoms. The van der Waals surface area contributed by atoms with Crippen LogP contribution in [0.3, 0.4) is 0 Å². The second-order valence-corrected chi connectivity index (χ2v) is 4.96. The van der Waals surface area contributed by atoms with Gasteiger partial charge in [-0.05, 0) is 37.1 Å². The van der Waals surface area contributed by atoms with E-state index in [1.165, 1.54) is 4.80 Å². The van der Waals surface area contributed by atoms with Gasteiger partial charge in [0, 0.05) is 6.42 Å². The maximum Gasteiger partial charge on any atom is 0.178 e. The molecule has 1 aromatic carbocycles. The van der Waals surface area contributed by atoms with Crippen molar-refractivity contribution in [1.29, 1.82) is 0 Å². The predicted octanol–water partition coefficient (Wildman–Crippen LogP) is 1.28. The zero-order valence-corrected chi connectivity index (χ0v) is 11.2. The highest BCUT2D eigenvalue weighted by atomic mass is 16.3. The number of rotatable bonds is 3. The molecule has 1 heterocycles. The van der Waals surface area contributed by atoms with Crippen LogP contribution < -0.4 is 0 Å². The van der Waals surface area contributed by atoms with Gasteiger partial charge in [0.15, 0.2) is 5.82 Å². The summed E-state index contributed by atoms with van der Waals surface area (Å²) in [5.41, 5.74) is 2.12. The molecule has 18 heavy (non-hydrogen) atoms. The Labute approximate surface area is 106 Å². The van der Waals surface area contributed by atoms with Crippen LogP contribution >= 0.6 is 0 Å². The smallest absolute Gasteiger partial charge is 0.178 e. The van der Waals surface area contributed by atoms with Crippen LogP contribution in [0, 0.1) is 13.8 Å². The minimum atomic E-state index is -0.987. The zero-order valence-electron chi connectivity index (χ0n) is 11.2. The zero-order chi connectivity index (χ0) is 13.3. The third kappa shape index (κ3) is 2.56. The maximum absolute atomic E-state index is 10.6. The lowest BCUT2D eigenvalue weighted by Crippen LogP contribution is -2.26. The van der Waals surface area contributed by atoms with E-state index in [0.29, 0.717) is 12.2 Å². The van der Waals surface area contributed by atoms with Crippen molar-refractivity contribution >= 4 is 0 Å². The minimum Gasteiger partial charge on any atom is -0.385 e. The normalized spacial score (nSPS) is 14.5. The first-order valence-corrected chi connectivity index (χ1v) is 5.91. The van der Waals surface area contributed by atoms with Gasteiger partial charge >= 0.3 is 0 Å². The number of tetrazole rings is 1. The fourth-order valence-corrected chi connectivity index (χ4v) is 2.11. The highest BCUT2D eigenvalue weighted by Gasteiger charge is 2.27. The Hall–Kier alpha value is -1.75. The average Bonchev–Trinajstić information content (AvgIpc) is 2.66. The monoisotopic (exact) mass is 246 g/mol. The molecule has 0 aliphatic heterocycles. The summed E-state index contributed by atoms with van der Waals surface area (Å²) in [6, 6.07) is 6.06. The van der Waals surface area contributed by atoms with Crippen molar-refractivity contribution < 1.29 is 5.11 Å². The SMILES string of the molecule is Cc1ccc(C)c(C(C)(O)Cc2nnn(C)n2)c1. The Morgan fingerprint density at radius 1 is 1.33 bits per heavy atom. The molecule has 0 fully saturated rings. The number of hydrogen-bond donors (Lipinski definition) is 1. The molecule has 0 spiro atoms. The summed E-state index contributed by atoms with van der Waals surface area (Å²) in [6.07, 6.45) is 0.352. The fourth-order valence-electron chi connectivity index (χ4n) is 2.11. The van der Waals surface area contributed by atoms with Crippen LogP contribution in [0.2, 0.25) is 0 Å². The van der Waals surface area contributed by atoms with Crippen molar-refractivity contribution in [2.24, 2.45) is 7.05 Å². The molecule has 0 saturated heterocycles. The Bertz CT molecular complexity index is 560. The summed E-state index contributed by atoms with van der Waals surface area (Å²) in [4.78, 5) is 1.40. The van der Waals surface area contributed by atoms with Gasteiger partial charge in [-0.3, -0.25) is 0 Å². The standard InChI is InChI=1S/C13H18N4O/c1-9-5-6-10(2)11(7-9)13(3,18)8-12-14-16-17(4)15-12/h5-7,18H,8H2,1-4H3. The number of benzene rings is 1. The van der Waals surface area contributed by atoms with Crippen LogP contribution in [0.15, 0.2) is 18.2 Å². The second-order valence-electron chi connectivity index (χ2n) is 4.96. The lowest BCUT2D eigenvalue weighted by Gasteiger charge is -2.24. The fraction of sp³-hybridized carbons (Fsp3) is 0.462. The molecule has 1 atom stereocenters. The third-order valence-corrected chi connectivity index (χ3v) is 3.03. The van der Waals surface area contributed by atoms with Gasteiger partial charge in [0.25, 0.3) is 0 Å². The minimum absolute atomic E-state index is 0.352. The van der Waals surface area contributed by atoms with Crippen LogP contribution in [0.4, 0.5) is 0 Å². The molecule has 0 saturated carbocycles. The van der Waals surface area contributed by atoms with E-state index in [9.17, 15) is 5.11 Å². The second kappa shape index (κ2) is 4.49. The molecule has 0 aliphatic carbocycles. The largest absolute Gasteiger partial charge is 0.385 e. The summed E-state index contributed by atoms with van der Waals surface area (Å²) >= 11 is 0. The van der Waals surface area contributed by atoms with Gasteiger partial charge in [-0.2, -0.15) is 4.80 Å². The molecule has 96 valence electrons. The first-order chi connectivity index (χ1) is 8.38. The molecule has 0 bridgehead atoms. The van der Waals surface area contributed by atoms with Crippen molar-refractivity contribution in [3.05, 3.63) is 40.7 Å². The number of aromatic nitrogens is 4. The van der Waals surface area contributed by atoms with Gasteiger partial charge in [0.05, 0.1) is 12.6 Å². The Morgan fingerprint density at radius 2 is 2.06 bits per heavy atom. The Kier molecular flexibility index (Phi) is 3.17. The molecule has 0 aliphatic rings. The molecule has 2 aromatic rings. The van der Waals surface area contributed by atoms with Gasteiger partial charge in [0.2, 0.25) is 0 Å². The van der Waals surface area contributed by atoms with Crippen LogP contribution in [0.25, 0.3) is 0 Å². The predicted molar refractivity (Wildman–Crippen MR) is 68.0 cm³/mol. The van der Waals surface area contributed by atoms with Crippen LogP contribution in [0.1, 0.15) is 29.4 Å². The van der Waals surface area contributed by atoms with Gasteiger partial charge in [-0.25, -0.2) is 0 Å². The van der Waals surface area contributed by atoms with E-state index in [4.69, 9.17) is 0 Å². The van der Waals surface area contributed by atoms with E-state index in [-0.39, 0.29) is 0 Å². The molecular formula is C13H18N4O. The van der Waals surface area contributed by atoms with Crippen molar-refractivity contribution in [3.8, 4) is 0 Å². The molecule has 1 N–H and O–H groups in total. The molecule has 2 rings (SSSR count). The number of hydrogen-bond acceptors (Lipinski definition) is 4. The van der Waals surface area contributed by atoms with E-state index in [1.54, 1.807) is 14.0 Å². The van der Waals surface area contributed by atoms with E-state index < -0.39 is 5.60 Å². The lowest BCUT2D eigenvalue weighted by molar-refractivity contribution is 0.0547. The highest BCUT2D eigenvalue weighted by Crippen LogP contribution is 2.27. The number of aryl methyl sites for hydroxylation is 3. The Morgan fingerprint density at radius 3 is 2.67 bits per heavy atom. The van der Waals surface area contributed by atoms with Crippen molar-refractivity contribution in [2.75, 3.05) is 0 Å². The third-order valence-electron chi connectivity index (χ3n) is 3.03. The van der Waals surface area contributed by atoms with Crippen LogP contribution in [0.5, 0.6) is 0 Å². The van der Waals surface area contributed by atoms with Gasteiger partial charge in [0.1, 0.15) is 0 Å².